The molecule has 0 saturated carbocycles. The van der Waals surface area contributed by atoms with E-state index in [1.54, 1.807) is 13.1 Å². The molecule has 1 aromatic rings. The molecule has 0 aliphatic heterocycles. The lowest BCUT2D eigenvalue weighted by Crippen LogP contribution is -2.16. The maximum atomic E-state index is 11.0. The van der Waals surface area contributed by atoms with E-state index in [9.17, 15) is 4.79 Å². The number of aryl methyl sites for hydroxylation is 2. The predicted molar refractivity (Wildman–Crippen MR) is 47.0 cm³/mol. The van der Waals surface area contributed by atoms with E-state index in [0.29, 0.717) is 11.3 Å². The highest BCUT2D eigenvalue weighted by molar-refractivity contribution is 5.95. The number of primary amides is 1. The fourth-order valence-electron chi connectivity index (χ4n) is 1.19. The second-order valence-electron chi connectivity index (χ2n) is 2.89. The summed E-state index contributed by atoms with van der Waals surface area (Å²) < 4.78 is 0. The van der Waals surface area contributed by atoms with Crippen molar-refractivity contribution in [2.75, 3.05) is 0 Å². The Hall–Kier alpha value is -1.38. The second-order valence-corrected chi connectivity index (χ2v) is 2.89. The first-order valence-corrected chi connectivity index (χ1v) is 3.76. The van der Waals surface area contributed by atoms with Gasteiger partial charge >= 0.3 is 0 Å². The number of carbonyl (C=O) groups is 1. The predicted octanol–water partition coefficient (Wildman–Crippen LogP) is 1.11. The van der Waals surface area contributed by atoms with Crippen molar-refractivity contribution in [1.82, 2.24) is 4.98 Å². The van der Waals surface area contributed by atoms with E-state index in [1.807, 2.05) is 13.8 Å². The van der Waals surface area contributed by atoms with Crippen molar-refractivity contribution in [3.05, 3.63) is 28.6 Å². The molecule has 0 spiro atoms. The van der Waals surface area contributed by atoms with E-state index in [0.717, 1.165) is 11.1 Å². The van der Waals surface area contributed by atoms with Crippen LogP contribution in [-0.4, -0.2) is 10.9 Å². The van der Waals surface area contributed by atoms with Crippen LogP contribution in [0, 0.1) is 20.8 Å². The number of amides is 1. The van der Waals surface area contributed by atoms with Crippen LogP contribution in [0.1, 0.15) is 27.2 Å². The van der Waals surface area contributed by atoms with Gasteiger partial charge in [0.05, 0.1) is 11.3 Å². The Morgan fingerprint density at radius 2 is 2.00 bits per heavy atom. The Bertz CT molecular complexity index is 332. The van der Waals surface area contributed by atoms with Crippen LogP contribution in [0.3, 0.4) is 0 Å². The van der Waals surface area contributed by atoms with E-state index in [1.165, 1.54) is 0 Å². The number of hydrogen-bond acceptors (Lipinski definition) is 2. The molecular formula is C9H12N2O. The van der Waals surface area contributed by atoms with Crippen molar-refractivity contribution in [2.45, 2.75) is 20.8 Å². The lowest BCUT2D eigenvalue weighted by atomic mass is 10.0. The molecule has 1 aromatic heterocycles. The van der Waals surface area contributed by atoms with Gasteiger partial charge < -0.3 is 5.73 Å². The Labute approximate surface area is 71.6 Å². The first-order chi connectivity index (χ1) is 5.54. The fourth-order valence-corrected chi connectivity index (χ4v) is 1.19. The van der Waals surface area contributed by atoms with Crippen LogP contribution in [0.25, 0.3) is 0 Å². The first kappa shape index (κ1) is 8.71. The zero-order valence-electron chi connectivity index (χ0n) is 7.51. The molecule has 1 heterocycles. The van der Waals surface area contributed by atoms with E-state index in [-0.39, 0.29) is 0 Å². The number of rotatable bonds is 1. The van der Waals surface area contributed by atoms with Gasteiger partial charge in [0.2, 0.25) is 0 Å². The van der Waals surface area contributed by atoms with E-state index in [2.05, 4.69) is 4.98 Å². The van der Waals surface area contributed by atoms with Gasteiger partial charge in [-0.2, -0.15) is 0 Å². The normalized spacial score (nSPS) is 9.92. The van der Waals surface area contributed by atoms with Gasteiger partial charge in [-0.3, -0.25) is 9.78 Å². The molecule has 3 heteroatoms. The van der Waals surface area contributed by atoms with Gasteiger partial charge in [0.25, 0.3) is 5.91 Å². The molecule has 0 fully saturated rings. The topological polar surface area (TPSA) is 56.0 Å². The SMILES string of the molecule is Cc1cnc(C)c(C(N)=O)c1C. The van der Waals surface area contributed by atoms with E-state index < -0.39 is 5.91 Å². The number of nitrogens with zero attached hydrogens (tertiary/aromatic N) is 1. The Morgan fingerprint density at radius 3 is 2.42 bits per heavy atom. The highest BCUT2D eigenvalue weighted by Crippen LogP contribution is 2.13. The summed E-state index contributed by atoms with van der Waals surface area (Å²) in [6.07, 6.45) is 1.75. The summed E-state index contributed by atoms with van der Waals surface area (Å²) in [7, 11) is 0. The van der Waals surface area contributed by atoms with Crippen molar-refractivity contribution >= 4 is 5.91 Å². The standard InChI is InChI=1S/C9H12N2O/c1-5-4-11-7(3)8(6(5)2)9(10)12/h4H,1-3H3,(H2,10,12). The molecule has 1 amide bonds. The van der Waals surface area contributed by atoms with E-state index in [4.69, 9.17) is 5.73 Å². The van der Waals surface area contributed by atoms with Crippen LogP contribution < -0.4 is 5.73 Å². The Kier molecular flexibility index (Phi) is 2.13. The average molecular weight is 164 g/mol. The van der Waals surface area contributed by atoms with Gasteiger partial charge in [-0.1, -0.05) is 0 Å². The quantitative estimate of drug-likeness (QED) is 0.675. The fraction of sp³-hybridized carbons (Fsp3) is 0.333. The monoisotopic (exact) mass is 164 g/mol. The highest BCUT2D eigenvalue weighted by atomic mass is 16.1. The minimum absolute atomic E-state index is 0.402. The zero-order chi connectivity index (χ0) is 9.30. The largest absolute Gasteiger partial charge is 0.366 e. The molecule has 64 valence electrons. The second kappa shape index (κ2) is 2.93. The molecule has 0 aliphatic carbocycles. The number of nitrogens with two attached hydrogens (primary N) is 1. The van der Waals surface area contributed by atoms with Gasteiger partial charge in [-0.05, 0) is 31.9 Å². The average Bonchev–Trinajstić information content (AvgIpc) is 1.97. The van der Waals surface area contributed by atoms with Crippen molar-refractivity contribution in [2.24, 2.45) is 5.73 Å². The summed E-state index contributed by atoms with van der Waals surface area (Å²) in [5.41, 5.74) is 8.38. The lowest BCUT2D eigenvalue weighted by molar-refractivity contribution is 0.0998. The van der Waals surface area contributed by atoms with Crippen molar-refractivity contribution < 1.29 is 4.79 Å². The van der Waals surface area contributed by atoms with Gasteiger partial charge in [0.1, 0.15) is 0 Å². The highest BCUT2D eigenvalue weighted by Gasteiger charge is 2.10. The third-order valence-electron chi connectivity index (χ3n) is 2.03. The number of aromatic nitrogens is 1. The smallest absolute Gasteiger partial charge is 0.250 e. The van der Waals surface area contributed by atoms with Gasteiger partial charge in [0.15, 0.2) is 0 Å². The minimum atomic E-state index is -0.402. The number of carbonyl (C=O) groups excluding carboxylic acids is 1. The third-order valence-corrected chi connectivity index (χ3v) is 2.03. The zero-order valence-corrected chi connectivity index (χ0v) is 7.51. The molecule has 0 atom stereocenters. The molecule has 12 heavy (non-hydrogen) atoms. The summed E-state index contributed by atoms with van der Waals surface area (Å²) >= 11 is 0. The molecule has 0 bridgehead atoms. The van der Waals surface area contributed by atoms with Gasteiger partial charge in [0, 0.05) is 6.20 Å². The first-order valence-electron chi connectivity index (χ1n) is 3.76. The summed E-state index contributed by atoms with van der Waals surface area (Å²) in [4.78, 5) is 15.0. The molecule has 1 rings (SSSR count). The lowest BCUT2D eigenvalue weighted by Gasteiger charge is -2.06. The van der Waals surface area contributed by atoms with Crippen molar-refractivity contribution in [1.29, 1.82) is 0 Å². The van der Waals surface area contributed by atoms with E-state index >= 15 is 0 Å². The molecule has 0 aliphatic rings. The number of pyridine rings is 1. The van der Waals surface area contributed by atoms with Crippen molar-refractivity contribution in [3.63, 3.8) is 0 Å². The summed E-state index contributed by atoms with van der Waals surface area (Å²) in [5.74, 6) is -0.402. The minimum Gasteiger partial charge on any atom is -0.366 e. The van der Waals surface area contributed by atoms with Gasteiger partial charge in [-0.25, -0.2) is 0 Å². The van der Waals surface area contributed by atoms with Crippen LogP contribution in [-0.2, 0) is 0 Å². The summed E-state index contributed by atoms with van der Waals surface area (Å²) in [6.45, 7) is 5.57. The van der Waals surface area contributed by atoms with Crippen LogP contribution in [0.15, 0.2) is 6.20 Å². The third kappa shape index (κ3) is 1.30. The van der Waals surface area contributed by atoms with Crippen LogP contribution in [0.5, 0.6) is 0 Å². The van der Waals surface area contributed by atoms with Crippen molar-refractivity contribution in [3.8, 4) is 0 Å². The molecular weight excluding hydrogens is 152 g/mol. The molecule has 0 unspecified atom stereocenters. The maximum absolute atomic E-state index is 11.0. The van der Waals surface area contributed by atoms with Crippen LogP contribution in [0.2, 0.25) is 0 Å². The Balaban J connectivity index is 3.43. The molecule has 2 N–H and O–H groups in total. The maximum Gasteiger partial charge on any atom is 0.250 e. The van der Waals surface area contributed by atoms with Gasteiger partial charge in [-0.15, -0.1) is 0 Å². The Morgan fingerprint density at radius 1 is 1.42 bits per heavy atom. The molecule has 0 saturated heterocycles. The van der Waals surface area contributed by atoms with Crippen LogP contribution in [0.4, 0.5) is 0 Å². The molecule has 3 nitrogen and oxygen atoms in total. The molecule has 0 radical (unpaired) electrons. The summed E-state index contributed by atoms with van der Waals surface area (Å²) in [5, 5.41) is 0. The van der Waals surface area contributed by atoms with Crippen LogP contribution >= 0.6 is 0 Å². The molecule has 0 aromatic carbocycles. The number of hydrogen-bond donors (Lipinski definition) is 1. The summed E-state index contributed by atoms with van der Waals surface area (Å²) in [6, 6.07) is 0.